The lowest BCUT2D eigenvalue weighted by molar-refractivity contribution is -0.137. The molecule has 1 aromatic heterocycles. The van der Waals surface area contributed by atoms with Crippen molar-refractivity contribution in [2.75, 3.05) is 5.32 Å². The molecule has 1 N–H and O–H groups in total. The van der Waals surface area contributed by atoms with Gasteiger partial charge in [-0.25, -0.2) is 0 Å². The molecule has 1 amide bonds. The van der Waals surface area contributed by atoms with Crippen LogP contribution in [-0.2, 0) is 12.6 Å². The number of rotatable bonds is 4. The largest absolute Gasteiger partial charge is 0.416 e. The van der Waals surface area contributed by atoms with Crippen LogP contribution in [0.15, 0.2) is 34.9 Å². The lowest BCUT2D eigenvalue weighted by Crippen LogP contribution is -2.13. The average Bonchev–Trinajstić information content (AvgIpc) is 2.86. The molecule has 0 fully saturated rings. The van der Waals surface area contributed by atoms with Crippen LogP contribution in [0.5, 0.6) is 0 Å². The van der Waals surface area contributed by atoms with Crippen molar-refractivity contribution in [1.82, 2.24) is 5.16 Å². The van der Waals surface area contributed by atoms with Crippen LogP contribution in [0.25, 0.3) is 0 Å². The summed E-state index contributed by atoms with van der Waals surface area (Å²) in [6, 6.07) is 5.90. The number of carbonyl (C=O) groups is 1. The molecule has 4 nitrogen and oxygen atoms in total. The van der Waals surface area contributed by atoms with E-state index in [9.17, 15) is 18.0 Å². The lowest BCUT2D eigenvalue weighted by atomic mass is 10.1. The summed E-state index contributed by atoms with van der Waals surface area (Å²) < 4.78 is 42.9. The first kappa shape index (κ1) is 16.1. The van der Waals surface area contributed by atoms with E-state index in [0.29, 0.717) is 18.1 Å². The van der Waals surface area contributed by atoms with Gasteiger partial charge in [0.05, 0.1) is 5.56 Å². The van der Waals surface area contributed by atoms with Crippen LogP contribution in [0.4, 0.5) is 18.9 Å². The minimum atomic E-state index is -4.46. The van der Waals surface area contributed by atoms with Gasteiger partial charge >= 0.3 is 6.18 Å². The molecule has 0 saturated heterocycles. The second-order valence-corrected chi connectivity index (χ2v) is 5.31. The van der Waals surface area contributed by atoms with Gasteiger partial charge in [-0.05, 0) is 24.1 Å². The number of halogens is 3. The summed E-state index contributed by atoms with van der Waals surface area (Å²) in [5.74, 6) is 0.287. The van der Waals surface area contributed by atoms with Crippen molar-refractivity contribution in [3.05, 3.63) is 47.3 Å². The van der Waals surface area contributed by atoms with Crippen LogP contribution in [0, 0.1) is 5.92 Å². The molecular weight excluding hydrogens is 297 g/mol. The number of nitrogens with one attached hydrogen (secondary N) is 1. The van der Waals surface area contributed by atoms with Crippen molar-refractivity contribution in [2.24, 2.45) is 5.92 Å². The molecule has 0 spiro atoms. The average molecular weight is 312 g/mol. The van der Waals surface area contributed by atoms with Gasteiger partial charge in [0.25, 0.3) is 5.91 Å². The van der Waals surface area contributed by atoms with E-state index in [1.165, 1.54) is 18.2 Å². The molecule has 0 aliphatic rings. The van der Waals surface area contributed by atoms with E-state index in [-0.39, 0.29) is 11.4 Å². The Bertz CT molecular complexity index is 663. The van der Waals surface area contributed by atoms with Crippen molar-refractivity contribution in [1.29, 1.82) is 0 Å². The zero-order valence-corrected chi connectivity index (χ0v) is 12.1. The number of hydrogen-bond acceptors (Lipinski definition) is 3. The SMILES string of the molecule is CC(C)Cc1cc(C(=O)Nc2cccc(C(F)(F)F)c2)no1. The van der Waals surface area contributed by atoms with Gasteiger partial charge in [-0.2, -0.15) is 13.2 Å². The predicted molar refractivity (Wildman–Crippen MR) is 74.4 cm³/mol. The molecule has 0 unspecified atom stereocenters. The Balaban J connectivity index is 2.10. The maximum absolute atomic E-state index is 12.6. The highest BCUT2D eigenvalue weighted by molar-refractivity contribution is 6.02. The number of amides is 1. The van der Waals surface area contributed by atoms with E-state index >= 15 is 0 Å². The van der Waals surface area contributed by atoms with Crippen molar-refractivity contribution in [2.45, 2.75) is 26.4 Å². The molecule has 2 rings (SSSR count). The molecular formula is C15H15F3N2O2. The lowest BCUT2D eigenvalue weighted by Gasteiger charge is -2.08. The van der Waals surface area contributed by atoms with Gasteiger partial charge in [0.2, 0.25) is 0 Å². The number of carbonyl (C=O) groups excluding carboxylic acids is 1. The fraction of sp³-hybridized carbons (Fsp3) is 0.333. The highest BCUT2D eigenvalue weighted by atomic mass is 19.4. The molecule has 0 bridgehead atoms. The van der Waals surface area contributed by atoms with Crippen molar-refractivity contribution in [3.63, 3.8) is 0 Å². The minimum absolute atomic E-state index is 0.0352. The van der Waals surface area contributed by atoms with Crippen LogP contribution < -0.4 is 5.32 Å². The van der Waals surface area contributed by atoms with Gasteiger partial charge in [-0.15, -0.1) is 0 Å². The van der Waals surface area contributed by atoms with Crippen molar-refractivity contribution < 1.29 is 22.5 Å². The minimum Gasteiger partial charge on any atom is -0.361 e. The number of hydrogen-bond donors (Lipinski definition) is 1. The highest BCUT2D eigenvalue weighted by Crippen LogP contribution is 2.30. The highest BCUT2D eigenvalue weighted by Gasteiger charge is 2.30. The van der Waals surface area contributed by atoms with E-state index in [1.807, 2.05) is 13.8 Å². The van der Waals surface area contributed by atoms with Crippen LogP contribution >= 0.6 is 0 Å². The molecule has 0 saturated carbocycles. The summed E-state index contributed by atoms with van der Waals surface area (Å²) in [5.41, 5.74) is -0.743. The fourth-order valence-corrected chi connectivity index (χ4v) is 1.89. The van der Waals surface area contributed by atoms with Crippen LogP contribution in [0.1, 0.15) is 35.7 Å². The molecule has 118 valence electrons. The summed E-state index contributed by atoms with van der Waals surface area (Å²) in [7, 11) is 0. The third-order valence-corrected chi connectivity index (χ3v) is 2.85. The van der Waals surface area contributed by atoms with Gasteiger partial charge in [0.15, 0.2) is 5.69 Å². The van der Waals surface area contributed by atoms with Gasteiger partial charge in [-0.3, -0.25) is 4.79 Å². The van der Waals surface area contributed by atoms with Crippen molar-refractivity contribution in [3.8, 4) is 0 Å². The molecule has 0 radical (unpaired) electrons. The van der Waals surface area contributed by atoms with Gasteiger partial charge in [-0.1, -0.05) is 25.1 Å². The van der Waals surface area contributed by atoms with E-state index in [0.717, 1.165) is 12.1 Å². The molecule has 22 heavy (non-hydrogen) atoms. The number of aromatic nitrogens is 1. The Morgan fingerprint density at radius 2 is 2.05 bits per heavy atom. The first-order valence-corrected chi connectivity index (χ1v) is 6.70. The van der Waals surface area contributed by atoms with Gasteiger partial charge < -0.3 is 9.84 Å². The first-order chi connectivity index (χ1) is 10.3. The van der Waals surface area contributed by atoms with E-state index < -0.39 is 17.6 Å². The Kier molecular flexibility index (Phi) is 4.54. The molecule has 1 aromatic carbocycles. The number of nitrogens with zero attached hydrogens (tertiary/aromatic N) is 1. The number of alkyl halides is 3. The summed E-state index contributed by atoms with van der Waals surface area (Å²) in [4.78, 5) is 12.0. The summed E-state index contributed by atoms with van der Waals surface area (Å²) in [6.45, 7) is 3.98. The Labute approximate surface area is 125 Å². The fourth-order valence-electron chi connectivity index (χ4n) is 1.89. The maximum Gasteiger partial charge on any atom is 0.416 e. The monoisotopic (exact) mass is 312 g/mol. The third-order valence-electron chi connectivity index (χ3n) is 2.85. The maximum atomic E-state index is 12.6. The topological polar surface area (TPSA) is 55.1 Å². The van der Waals surface area contributed by atoms with Crippen molar-refractivity contribution >= 4 is 11.6 Å². The van der Waals surface area contributed by atoms with E-state index in [4.69, 9.17) is 4.52 Å². The summed E-state index contributed by atoms with van der Waals surface area (Å²) >= 11 is 0. The van der Waals surface area contributed by atoms with Gasteiger partial charge in [0, 0.05) is 18.2 Å². The molecule has 0 atom stereocenters. The number of anilines is 1. The zero-order chi connectivity index (χ0) is 16.3. The second kappa shape index (κ2) is 6.21. The Morgan fingerprint density at radius 1 is 1.32 bits per heavy atom. The quantitative estimate of drug-likeness (QED) is 0.923. The molecule has 0 aliphatic heterocycles. The summed E-state index contributed by atoms with van der Waals surface area (Å²) in [5, 5.41) is 6.00. The summed E-state index contributed by atoms with van der Waals surface area (Å²) in [6.07, 6.45) is -3.83. The number of benzene rings is 1. The van der Waals surface area contributed by atoms with Crippen LogP contribution in [0.2, 0.25) is 0 Å². The van der Waals surface area contributed by atoms with E-state index in [2.05, 4.69) is 10.5 Å². The van der Waals surface area contributed by atoms with E-state index in [1.54, 1.807) is 0 Å². The normalized spacial score (nSPS) is 11.7. The standard InChI is InChI=1S/C15H15F3N2O2/c1-9(2)6-12-8-13(20-22-12)14(21)19-11-5-3-4-10(7-11)15(16,17)18/h3-5,7-9H,6H2,1-2H3,(H,19,21). The first-order valence-electron chi connectivity index (χ1n) is 6.70. The molecule has 2 aromatic rings. The second-order valence-electron chi connectivity index (χ2n) is 5.31. The zero-order valence-electron chi connectivity index (χ0n) is 12.1. The van der Waals surface area contributed by atoms with Gasteiger partial charge in [0.1, 0.15) is 5.76 Å². The molecule has 7 heteroatoms. The molecule has 0 aliphatic carbocycles. The molecule has 1 heterocycles. The third kappa shape index (κ3) is 4.09. The predicted octanol–water partition coefficient (Wildman–Crippen LogP) is 4.14. The smallest absolute Gasteiger partial charge is 0.361 e. The van der Waals surface area contributed by atoms with Crippen LogP contribution in [-0.4, -0.2) is 11.1 Å². The van der Waals surface area contributed by atoms with Crippen LogP contribution in [0.3, 0.4) is 0 Å². The Hall–Kier alpha value is -2.31. The Morgan fingerprint density at radius 3 is 2.68 bits per heavy atom.